The Labute approximate surface area is 71.7 Å². The molecule has 0 spiro atoms. The largest absolute Gasteiger partial charge is 0.301 e. The normalized spacial score (nSPS) is 22.9. The fraction of sp³-hybridized carbons (Fsp3) is 0.444. The summed E-state index contributed by atoms with van der Waals surface area (Å²) < 4.78 is 0. The molecule has 0 unspecified atom stereocenters. The predicted octanol–water partition coefficient (Wildman–Crippen LogP) is 1.36. The fourth-order valence-corrected chi connectivity index (χ4v) is 1.32. The van der Waals surface area contributed by atoms with Crippen LogP contribution < -0.4 is 5.48 Å². The molecule has 1 atom stereocenters. The summed E-state index contributed by atoms with van der Waals surface area (Å²) in [6, 6.07) is 4.45. The van der Waals surface area contributed by atoms with Crippen molar-refractivity contribution in [3.05, 3.63) is 29.6 Å². The lowest BCUT2D eigenvalue weighted by Gasteiger charge is -2.07. The molecule has 1 aliphatic rings. The van der Waals surface area contributed by atoms with Crippen LogP contribution in [0.5, 0.6) is 0 Å². The van der Waals surface area contributed by atoms with Gasteiger partial charge in [0.1, 0.15) is 0 Å². The molecule has 0 aliphatic carbocycles. The molecular weight excluding hydrogens is 152 g/mol. The van der Waals surface area contributed by atoms with Crippen LogP contribution in [0.15, 0.2) is 18.3 Å². The summed E-state index contributed by atoms with van der Waals surface area (Å²) in [4.78, 5) is 9.29. The fourth-order valence-electron chi connectivity index (χ4n) is 1.32. The summed E-state index contributed by atoms with van der Waals surface area (Å²) in [7, 11) is 0. The SMILES string of the molecule is Cc1ccc([C@H]2CCON2)cn1. The summed E-state index contributed by atoms with van der Waals surface area (Å²) in [5.41, 5.74) is 5.21. The number of aromatic nitrogens is 1. The van der Waals surface area contributed by atoms with Crippen LogP contribution in [0.4, 0.5) is 0 Å². The quantitative estimate of drug-likeness (QED) is 0.680. The van der Waals surface area contributed by atoms with Crippen LogP contribution in [0.3, 0.4) is 0 Å². The summed E-state index contributed by atoms with van der Waals surface area (Å²) >= 11 is 0. The third kappa shape index (κ3) is 1.47. The van der Waals surface area contributed by atoms with E-state index >= 15 is 0 Å². The van der Waals surface area contributed by atoms with Gasteiger partial charge in [-0.05, 0) is 25.0 Å². The maximum atomic E-state index is 5.06. The molecule has 1 N–H and O–H groups in total. The lowest BCUT2D eigenvalue weighted by atomic mass is 10.1. The first-order valence-corrected chi connectivity index (χ1v) is 4.16. The highest BCUT2D eigenvalue weighted by Gasteiger charge is 2.16. The summed E-state index contributed by atoms with van der Waals surface area (Å²) in [5.74, 6) is 0. The zero-order valence-corrected chi connectivity index (χ0v) is 7.08. The van der Waals surface area contributed by atoms with Crippen LogP contribution >= 0.6 is 0 Å². The van der Waals surface area contributed by atoms with Crippen molar-refractivity contribution in [3.63, 3.8) is 0 Å². The van der Waals surface area contributed by atoms with Gasteiger partial charge in [0.05, 0.1) is 12.6 Å². The molecule has 64 valence electrons. The number of aryl methyl sites for hydroxylation is 1. The minimum Gasteiger partial charge on any atom is -0.301 e. The molecule has 2 heterocycles. The van der Waals surface area contributed by atoms with Crippen LogP contribution in [0, 0.1) is 6.92 Å². The van der Waals surface area contributed by atoms with Crippen molar-refractivity contribution in [2.24, 2.45) is 0 Å². The Morgan fingerprint density at radius 3 is 3.08 bits per heavy atom. The summed E-state index contributed by atoms with van der Waals surface area (Å²) in [6.45, 7) is 2.78. The van der Waals surface area contributed by atoms with E-state index in [9.17, 15) is 0 Å². The van der Waals surface area contributed by atoms with Crippen LogP contribution in [-0.4, -0.2) is 11.6 Å². The van der Waals surface area contributed by atoms with Gasteiger partial charge < -0.3 is 4.84 Å². The summed E-state index contributed by atoms with van der Waals surface area (Å²) in [6.07, 6.45) is 2.94. The molecular formula is C9H12N2O. The van der Waals surface area contributed by atoms with Gasteiger partial charge in [-0.15, -0.1) is 0 Å². The number of nitrogens with zero attached hydrogens (tertiary/aromatic N) is 1. The van der Waals surface area contributed by atoms with Crippen LogP contribution in [-0.2, 0) is 4.84 Å². The topological polar surface area (TPSA) is 34.1 Å². The number of rotatable bonds is 1. The van der Waals surface area contributed by atoms with E-state index in [2.05, 4.69) is 16.5 Å². The first-order valence-electron chi connectivity index (χ1n) is 4.16. The first kappa shape index (κ1) is 7.71. The van der Waals surface area contributed by atoms with Gasteiger partial charge in [0.25, 0.3) is 0 Å². The zero-order chi connectivity index (χ0) is 8.39. The second-order valence-corrected chi connectivity index (χ2v) is 3.04. The third-order valence-electron chi connectivity index (χ3n) is 2.07. The molecule has 0 radical (unpaired) electrons. The van der Waals surface area contributed by atoms with Crippen molar-refractivity contribution in [2.45, 2.75) is 19.4 Å². The van der Waals surface area contributed by atoms with Crippen molar-refractivity contribution in [1.29, 1.82) is 0 Å². The summed E-state index contributed by atoms with van der Waals surface area (Å²) in [5, 5.41) is 0. The third-order valence-corrected chi connectivity index (χ3v) is 2.07. The number of hydrogen-bond acceptors (Lipinski definition) is 3. The molecule has 1 aliphatic heterocycles. The molecule has 3 nitrogen and oxygen atoms in total. The molecule has 3 heteroatoms. The van der Waals surface area contributed by atoms with Gasteiger partial charge >= 0.3 is 0 Å². The van der Waals surface area contributed by atoms with Gasteiger partial charge in [-0.25, -0.2) is 0 Å². The van der Waals surface area contributed by atoms with Crippen LogP contribution in [0.2, 0.25) is 0 Å². The first-order chi connectivity index (χ1) is 5.86. The Balaban J connectivity index is 2.17. The maximum Gasteiger partial charge on any atom is 0.0701 e. The van der Waals surface area contributed by atoms with Gasteiger partial charge in [0.2, 0.25) is 0 Å². The molecule has 0 bridgehead atoms. The Kier molecular flexibility index (Phi) is 2.06. The van der Waals surface area contributed by atoms with Crippen molar-refractivity contribution < 1.29 is 4.84 Å². The predicted molar refractivity (Wildman–Crippen MR) is 45.4 cm³/mol. The van der Waals surface area contributed by atoms with E-state index in [1.165, 1.54) is 5.56 Å². The molecule has 0 aromatic carbocycles. The zero-order valence-electron chi connectivity index (χ0n) is 7.08. The Morgan fingerprint density at radius 1 is 1.58 bits per heavy atom. The molecule has 1 aromatic heterocycles. The van der Waals surface area contributed by atoms with Gasteiger partial charge in [0, 0.05) is 11.9 Å². The van der Waals surface area contributed by atoms with Gasteiger partial charge in [-0.1, -0.05) is 6.07 Å². The van der Waals surface area contributed by atoms with E-state index in [1.54, 1.807) is 0 Å². The number of hydrogen-bond donors (Lipinski definition) is 1. The van der Waals surface area contributed by atoms with Gasteiger partial charge in [0.15, 0.2) is 0 Å². The van der Waals surface area contributed by atoms with Gasteiger partial charge in [-0.2, -0.15) is 5.48 Å². The van der Waals surface area contributed by atoms with E-state index in [1.807, 2.05) is 19.2 Å². The van der Waals surface area contributed by atoms with E-state index in [-0.39, 0.29) is 0 Å². The smallest absolute Gasteiger partial charge is 0.0701 e. The molecule has 0 saturated carbocycles. The maximum absolute atomic E-state index is 5.06. The molecule has 2 rings (SSSR count). The molecule has 1 fully saturated rings. The minimum absolute atomic E-state index is 0.332. The lowest BCUT2D eigenvalue weighted by molar-refractivity contribution is 0.0882. The minimum atomic E-state index is 0.332. The number of pyridine rings is 1. The van der Waals surface area contributed by atoms with Crippen molar-refractivity contribution in [3.8, 4) is 0 Å². The number of hydroxylamine groups is 1. The molecule has 1 saturated heterocycles. The average molecular weight is 164 g/mol. The van der Waals surface area contributed by atoms with E-state index in [4.69, 9.17) is 4.84 Å². The van der Waals surface area contributed by atoms with Crippen molar-refractivity contribution >= 4 is 0 Å². The lowest BCUT2D eigenvalue weighted by Crippen LogP contribution is -2.11. The Bertz CT molecular complexity index is 252. The second kappa shape index (κ2) is 3.21. The van der Waals surface area contributed by atoms with Crippen LogP contribution in [0.25, 0.3) is 0 Å². The standard InChI is InChI=1S/C9H12N2O/c1-7-2-3-8(6-10-7)9-4-5-12-11-9/h2-3,6,9,11H,4-5H2,1H3/t9-/m1/s1. The van der Waals surface area contributed by atoms with E-state index < -0.39 is 0 Å². The highest BCUT2D eigenvalue weighted by atomic mass is 16.7. The molecule has 1 aromatic rings. The Hall–Kier alpha value is -0.930. The Morgan fingerprint density at radius 2 is 2.50 bits per heavy atom. The highest BCUT2D eigenvalue weighted by molar-refractivity contribution is 5.17. The molecule has 12 heavy (non-hydrogen) atoms. The second-order valence-electron chi connectivity index (χ2n) is 3.04. The number of nitrogens with one attached hydrogen (secondary N) is 1. The monoisotopic (exact) mass is 164 g/mol. The van der Waals surface area contributed by atoms with E-state index in [0.29, 0.717) is 6.04 Å². The van der Waals surface area contributed by atoms with Crippen molar-refractivity contribution in [2.75, 3.05) is 6.61 Å². The van der Waals surface area contributed by atoms with Crippen molar-refractivity contribution in [1.82, 2.24) is 10.5 Å². The van der Waals surface area contributed by atoms with Crippen LogP contribution in [0.1, 0.15) is 23.7 Å². The van der Waals surface area contributed by atoms with E-state index in [0.717, 1.165) is 18.7 Å². The molecule has 0 amide bonds. The van der Waals surface area contributed by atoms with Gasteiger partial charge in [-0.3, -0.25) is 4.98 Å². The average Bonchev–Trinajstić information content (AvgIpc) is 2.58. The highest BCUT2D eigenvalue weighted by Crippen LogP contribution is 2.19.